The van der Waals surface area contributed by atoms with Gasteiger partial charge < -0.3 is 10.4 Å². The molecule has 0 aromatic heterocycles. The van der Waals surface area contributed by atoms with E-state index in [2.05, 4.69) is 17.6 Å². The molecule has 4 unspecified atom stereocenters. The number of carbonyl (C=O) groups excluding carboxylic acids is 1. The fourth-order valence-corrected chi connectivity index (χ4v) is 3.65. The van der Waals surface area contributed by atoms with Crippen LogP contribution < -0.4 is 10.6 Å². The van der Waals surface area contributed by atoms with Gasteiger partial charge in [-0.3, -0.25) is 14.9 Å². The summed E-state index contributed by atoms with van der Waals surface area (Å²) in [6.45, 7) is 3.68. The van der Waals surface area contributed by atoms with Gasteiger partial charge >= 0.3 is 5.97 Å². The lowest BCUT2D eigenvalue weighted by atomic mass is 9.84. The highest BCUT2D eigenvalue weighted by molar-refractivity contribution is 5.80. The molecular weight excluding hydrogens is 244 g/mol. The highest BCUT2D eigenvalue weighted by Crippen LogP contribution is 2.49. The van der Waals surface area contributed by atoms with Crippen molar-refractivity contribution >= 4 is 11.9 Å². The maximum Gasteiger partial charge on any atom is 0.320 e. The highest BCUT2D eigenvalue weighted by atomic mass is 16.4. The third-order valence-corrected chi connectivity index (χ3v) is 4.76. The Morgan fingerprint density at radius 2 is 2.00 bits per heavy atom. The van der Waals surface area contributed by atoms with Crippen molar-refractivity contribution in [1.82, 2.24) is 10.6 Å². The van der Waals surface area contributed by atoms with Crippen molar-refractivity contribution < 1.29 is 14.7 Å². The molecule has 108 valence electrons. The Morgan fingerprint density at radius 3 is 2.53 bits per heavy atom. The SMILES string of the molecule is CC(NC(=O)CN[C@H](C)C(=O)O)C1CC2CCC1C2. The van der Waals surface area contributed by atoms with Gasteiger partial charge in [0.15, 0.2) is 0 Å². The molecule has 5 atom stereocenters. The predicted molar refractivity (Wildman–Crippen MR) is 71.6 cm³/mol. The second-order valence-corrected chi connectivity index (χ2v) is 6.14. The summed E-state index contributed by atoms with van der Waals surface area (Å²) in [4.78, 5) is 22.4. The van der Waals surface area contributed by atoms with Gasteiger partial charge in [-0.05, 0) is 50.9 Å². The number of amides is 1. The number of carbonyl (C=O) groups is 2. The van der Waals surface area contributed by atoms with E-state index in [9.17, 15) is 9.59 Å². The van der Waals surface area contributed by atoms with Crippen LogP contribution in [0.5, 0.6) is 0 Å². The van der Waals surface area contributed by atoms with Crippen molar-refractivity contribution in [1.29, 1.82) is 0 Å². The number of carboxylic acid groups (broad SMARTS) is 1. The lowest BCUT2D eigenvalue weighted by Gasteiger charge is -2.28. The van der Waals surface area contributed by atoms with Gasteiger partial charge in [0, 0.05) is 6.04 Å². The summed E-state index contributed by atoms with van der Waals surface area (Å²) in [7, 11) is 0. The molecule has 0 aliphatic heterocycles. The standard InChI is InChI=1S/C14H24N2O3/c1-8(12-6-10-3-4-11(12)5-10)16-13(17)7-15-9(2)14(18)19/h8-12,15H,3-7H2,1-2H3,(H,16,17)(H,18,19)/t8?,9-,10?,11?,12?/m1/s1. The van der Waals surface area contributed by atoms with Crippen molar-refractivity contribution in [3.63, 3.8) is 0 Å². The molecule has 0 aromatic carbocycles. The van der Waals surface area contributed by atoms with Crippen molar-refractivity contribution in [2.45, 2.75) is 51.6 Å². The molecule has 2 bridgehead atoms. The summed E-state index contributed by atoms with van der Waals surface area (Å²) in [5.74, 6) is 1.22. The van der Waals surface area contributed by atoms with Crippen molar-refractivity contribution in [2.24, 2.45) is 17.8 Å². The number of carboxylic acids is 1. The van der Waals surface area contributed by atoms with Gasteiger partial charge in [0.1, 0.15) is 6.04 Å². The molecule has 3 N–H and O–H groups in total. The van der Waals surface area contributed by atoms with Crippen molar-refractivity contribution in [2.75, 3.05) is 6.54 Å². The van der Waals surface area contributed by atoms with E-state index in [4.69, 9.17) is 5.11 Å². The van der Waals surface area contributed by atoms with Crippen LogP contribution in [-0.4, -0.2) is 35.6 Å². The molecule has 0 aromatic rings. The molecule has 5 heteroatoms. The Hall–Kier alpha value is -1.10. The van der Waals surface area contributed by atoms with Crippen LogP contribution in [0.1, 0.15) is 39.5 Å². The Kier molecular flexibility index (Phi) is 4.45. The molecule has 0 saturated heterocycles. The Balaban J connectivity index is 1.71. The zero-order chi connectivity index (χ0) is 14.0. The molecule has 1 amide bonds. The summed E-state index contributed by atoms with van der Waals surface area (Å²) in [6, 6.07) is -0.492. The van der Waals surface area contributed by atoms with E-state index in [0.717, 1.165) is 11.8 Å². The Morgan fingerprint density at radius 1 is 1.26 bits per heavy atom. The van der Waals surface area contributed by atoms with Crippen LogP contribution in [0.25, 0.3) is 0 Å². The fraction of sp³-hybridized carbons (Fsp3) is 0.857. The van der Waals surface area contributed by atoms with Crippen LogP contribution in [0.4, 0.5) is 0 Å². The first kappa shape index (κ1) is 14.3. The van der Waals surface area contributed by atoms with Gasteiger partial charge in [0.2, 0.25) is 5.91 Å². The topological polar surface area (TPSA) is 78.4 Å². The van der Waals surface area contributed by atoms with Crippen molar-refractivity contribution in [3.05, 3.63) is 0 Å². The molecule has 0 heterocycles. The molecule has 2 aliphatic carbocycles. The zero-order valence-electron chi connectivity index (χ0n) is 11.7. The van der Waals surface area contributed by atoms with Gasteiger partial charge in [-0.1, -0.05) is 6.42 Å². The van der Waals surface area contributed by atoms with Crippen LogP contribution >= 0.6 is 0 Å². The number of rotatable bonds is 6. The molecule has 0 radical (unpaired) electrons. The maximum absolute atomic E-state index is 11.8. The largest absolute Gasteiger partial charge is 0.480 e. The number of hydrogen-bond donors (Lipinski definition) is 3. The first-order chi connectivity index (χ1) is 8.97. The molecule has 5 nitrogen and oxygen atoms in total. The van der Waals surface area contributed by atoms with Crippen LogP contribution in [0.3, 0.4) is 0 Å². The van der Waals surface area contributed by atoms with Crippen LogP contribution in [-0.2, 0) is 9.59 Å². The highest BCUT2D eigenvalue weighted by Gasteiger charge is 2.42. The number of fused-ring (bicyclic) bond motifs is 2. The average Bonchev–Trinajstić information content (AvgIpc) is 2.97. The second-order valence-electron chi connectivity index (χ2n) is 6.14. The van der Waals surface area contributed by atoms with Crippen LogP contribution in [0.15, 0.2) is 0 Å². The van der Waals surface area contributed by atoms with E-state index >= 15 is 0 Å². The summed E-state index contributed by atoms with van der Waals surface area (Å²) in [6.07, 6.45) is 5.24. The van der Waals surface area contributed by atoms with Gasteiger partial charge in [-0.25, -0.2) is 0 Å². The number of nitrogens with one attached hydrogen (secondary N) is 2. The summed E-state index contributed by atoms with van der Waals surface area (Å²) in [5.41, 5.74) is 0. The number of hydrogen-bond acceptors (Lipinski definition) is 3. The molecular formula is C14H24N2O3. The molecule has 2 aliphatic rings. The molecule has 0 spiro atoms. The zero-order valence-corrected chi connectivity index (χ0v) is 11.7. The quantitative estimate of drug-likeness (QED) is 0.671. The molecule has 2 fully saturated rings. The van der Waals surface area contributed by atoms with E-state index in [1.165, 1.54) is 32.6 Å². The average molecular weight is 268 g/mol. The smallest absolute Gasteiger partial charge is 0.320 e. The van der Waals surface area contributed by atoms with Gasteiger partial charge in [0.25, 0.3) is 0 Å². The summed E-state index contributed by atoms with van der Waals surface area (Å²) < 4.78 is 0. The van der Waals surface area contributed by atoms with E-state index in [1.54, 1.807) is 0 Å². The Bertz CT molecular complexity index is 359. The Labute approximate surface area is 114 Å². The van der Waals surface area contributed by atoms with Gasteiger partial charge in [-0.2, -0.15) is 0 Å². The van der Waals surface area contributed by atoms with E-state index in [0.29, 0.717) is 5.92 Å². The third-order valence-electron chi connectivity index (χ3n) is 4.76. The molecule has 19 heavy (non-hydrogen) atoms. The molecule has 2 saturated carbocycles. The van der Waals surface area contributed by atoms with Crippen molar-refractivity contribution in [3.8, 4) is 0 Å². The minimum Gasteiger partial charge on any atom is -0.480 e. The maximum atomic E-state index is 11.8. The fourth-order valence-electron chi connectivity index (χ4n) is 3.65. The lowest BCUT2D eigenvalue weighted by molar-refractivity contribution is -0.139. The van der Waals surface area contributed by atoms with Crippen LogP contribution in [0, 0.1) is 17.8 Å². The third kappa shape index (κ3) is 3.47. The summed E-state index contributed by atoms with van der Waals surface area (Å²) in [5, 5.41) is 14.4. The monoisotopic (exact) mass is 268 g/mol. The predicted octanol–water partition coefficient (Wildman–Crippen LogP) is 0.990. The first-order valence-electron chi connectivity index (χ1n) is 7.23. The normalized spacial score (nSPS) is 32.0. The lowest BCUT2D eigenvalue weighted by Crippen LogP contribution is -2.46. The number of aliphatic carboxylic acids is 1. The van der Waals surface area contributed by atoms with E-state index in [-0.39, 0.29) is 18.5 Å². The van der Waals surface area contributed by atoms with E-state index in [1.807, 2.05) is 0 Å². The molecule has 2 rings (SSSR count). The minimum atomic E-state index is -0.936. The van der Waals surface area contributed by atoms with Crippen LogP contribution in [0.2, 0.25) is 0 Å². The van der Waals surface area contributed by atoms with Gasteiger partial charge in [-0.15, -0.1) is 0 Å². The van der Waals surface area contributed by atoms with E-state index < -0.39 is 12.0 Å². The summed E-state index contributed by atoms with van der Waals surface area (Å²) >= 11 is 0. The second kappa shape index (κ2) is 5.90. The van der Waals surface area contributed by atoms with Gasteiger partial charge in [0.05, 0.1) is 6.54 Å². The first-order valence-corrected chi connectivity index (χ1v) is 7.23. The minimum absolute atomic E-state index is 0.0681.